The lowest BCUT2D eigenvalue weighted by Crippen LogP contribution is -2.82. The summed E-state index contributed by atoms with van der Waals surface area (Å²) in [6.07, 6.45) is 0.841. The Morgan fingerprint density at radius 2 is 1.20 bits per heavy atom. The van der Waals surface area contributed by atoms with Gasteiger partial charge in [0.2, 0.25) is 0 Å². The Morgan fingerprint density at radius 1 is 0.680 bits per heavy atom. The molecular weight excluding hydrogens is 308 g/mol. The number of aliphatic hydroxyl groups excluding tert-OH is 1. The van der Waals surface area contributed by atoms with E-state index in [1.807, 2.05) is 12.1 Å². The molecule has 0 saturated heterocycles. The van der Waals surface area contributed by atoms with E-state index in [0.717, 1.165) is 36.6 Å². The minimum atomic E-state index is 0.262. The number of para-hydroxylation sites is 2. The van der Waals surface area contributed by atoms with Crippen LogP contribution in [0.1, 0.15) is 12.0 Å². The topological polar surface area (TPSA) is 40.1 Å². The van der Waals surface area contributed by atoms with Gasteiger partial charge >= 0.3 is 0 Å². The van der Waals surface area contributed by atoms with Gasteiger partial charge in [0, 0.05) is 35.7 Å². The van der Waals surface area contributed by atoms with Crippen molar-refractivity contribution in [2.45, 2.75) is 13.0 Å². The Labute approximate surface area is 149 Å². The highest BCUT2D eigenvalue weighted by atomic mass is 16.3. The van der Waals surface area contributed by atoms with E-state index in [4.69, 9.17) is 5.11 Å². The third kappa shape index (κ3) is 4.69. The predicted molar refractivity (Wildman–Crippen MR) is 103 cm³/mol. The van der Waals surface area contributed by atoms with Gasteiger partial charge in [0.1, 0.15) is 6.54 Å². The first kappa shape index (κ1) is 17.2. The van der Waals surface area contributed by atoms with Gasteiger partial charge in [-0.15, -0.1) is 0 Å². The minimum absolute atomic E-state index is 0.262. The molecule has 25 heavy (non-hydrogen) atoms. The lowest BCUT2D eigenvalue weighted by molar-refractivity contribution is -0.671. The molecule has 0 aliphatic rings. The molecule has 3 nitrogen and oxygen atoms in total. The third-order valence-corrected chi connectivity index (χ3v) is 4.17. The van der Waals surface area contributed by atoms with E-state index >= 15 is 0 Å². The maximum Gasteiger partial charge on any atom is 0.101 e. The summed E-state index contributed by atoms with van der Waals surface area (Å²) in [7, 11) is 0. The molecule has 0 heterocycles. The summed E-state index contributed by atoms with van der Waals surface area (Å²) < 4.78 is 0. The second kappa shape index (κ2) is 9.02. The Bertz CT molecular complexity index is 703. The van der Waals surface area contributed by atoms with Crippen molar-refractivity contribution < 1.29 is 10.4 Å². The number of quaternary nitrogens is 1. The quantitative estimate of drug-likeness (QED) is 0.618. The van der Waals surface area contributed by atoms with Crippen molar-refractivity contribution in [3.8, 4) is 0 Å². The molecule has 0 aliphatic carbocycles. The Morgan fingerprint density at radius 3 is 1.72 bits per heavy atom. The van der Waals surface area contributed by atoms with E-state index in [1.54, 1.807) is 0 Å². The van der Waals surface area contributed by atoms with Crippen LogP contribution in [0.25, 0.3) is 0 Å². The van der Waals surface area contributed by atoms with Crippen LogP contribution < -0.4 is 10.2 Å². The summed E-state index contributed by atoms with van der Waals surface area (Å²) in [5.74, 6) is 0. The number of rotatable bonds is 8. The second-order valence-corrected chi connectivity index (χ2v) is 6.03. The highest BCUT2D eigenvalue weighted by molar-refractivity contribution is 5.76. The van der Waals surface area contributed by atoms with Gasteiger partial charge in [-0.25, -0.2) is 0 Å². The number of hydrogen-bond acceptors (Lipinski definition) is 2. The van der Waals surface area contributed by atoms with Crippen molar-refractivity contribution in [2.75, 3.05) is 18.1 Å². The maximum absolute atomic E-state index is 8.85. The number of nitrogens with zero attached hydrogens (tertiary/aromatic N) is 1. The summed E-state index contributed by atoms with van der Waals surface area (Å²) >= 11 is 0. The molecule has 0 radical (unpaired) electrons. The van der Waals surface area contributed by atoms with Crippen LogP contribution in [-0.4, -0.2) is 18.3 Å². The second-order valence-electron chi connectivity index (χ2n) is 6.03. The fourth-order valence-corrected chi connectivity index (χ4v) is 2.89. The van der Waals surface area contributed by atoms with E-state index in [9.17, 15) is 0 Å². The number of hydrogen-bond donors (Lipinski definition) is 2. The fourth-order valence-electron chi connectivity index (χ4n) is 2.89. The van der Waals surface area contributed by atoms with Gasteiger partial charge in [-0.2, -0.15) is 0 Å². The van der Waals surface area contributed by atoms with Gasteiger partial charge in [0.15, 0.2) is 0 Å². The largest absolute Gasteiger partial charge is 0.396 e. The highest BCUT2D eigenvalue weighted by Gasteiger charge is 2.11. The fraction of sp³-hybridized carbons (Fsp3) is 0.182. The molecule has 0 saturated carbocycles. The number of nitrogens with two attached hydrogens (primary N) is 1. The normalized spacial score (nSPS) is 10.6. The van der Waals surface area contributed by atoms with Gasteiger partial charge in [-0.05, 0) is 36.4 Å². The zero-order chi connectivity index (χ0) is 17.3. The molecule has 3 rings (SSSR count). The molecular formula is C22H25N2O+. The average molecular weight is 333 g/mol. The molecule has 128 valence electrons. The minimum Gasteiger partial charge on any atom is -0.396 e. The van der Waals surface area contributed by atoms with Crippen LogP contribution in [0.3, 0.4) is 0 Å². The molecule has 0 aliphatic heterocycles. The van der Waals surface area contributed by atoms with Crippen LogP contribution in [0.15, 0.2) is 84.9 Å². The third-order valence-electron chi connectivity index (χ3n) is 4.17. The molecule has 0 fully saturated rings. The van der Waals surface area contributed by atoms with Gasteiger partial charge in [0.25, 0.3) is 0 Å². The summed E-state index contributed by atoms with van der Waals surface area (Å²) in [6.45, 7) is 2.16. The number of aliphatic hydroxyl groups is 1. The summed E-state index contributed by atoms with van der Waals surface area (Å²) in [5, 5.41) is 11.1. The molecule has 3 aromatic carbocycles. The highest BCUT2D eigenvalue weighted by Crippen LogP contribution is 2.33. The van der Waals surface area contributed by atoms with Crippen LogP contribution in [0.4, 0.5) is 17.1 Å². The zero-order valence-electron chi connectivity index (χ0n) is 14.4. The van der Waals surface area contributed by atoms with E-state index < -0.39 is 0 Å². The molecule has 3 aromatic rings. The molecule has 0 atom stereocenters. The van der Waals surface area contributed by atoms with Gasteiger partial charge in [-0.3, -0.25) is 0 Å². The Hall–Kier alpha value is -2.62. The Kier molecular flexibility index (Phi) is 6.21. The van der Waals surface area contributed by atoms with Crippen molar-refractivity contribution in [1.29, 1.82) is 0 Å². The first-order valence-corrected chi connectivity index (χ1v) is 8.80. The summed E-state index contributed by atoms with van der Waals surface area (Å²) in [6, 6.07) is 29.6. The van der Waals surface area contributed by atoms with Crippen molar-refractivity contribution >= 4 is 17.1 Å². The first-order chi connectivity index (χ1) is 12.4. The standard InChI is InChI=1S/C22H24N2O/c25-17-7-16-23-18-19-12-14-22(15-13-19)24(20-8-3-1-4-9-20)21-10-5-2-6-11-21/h1-6,8-15,23,25H,7,16-18H2/p+1. The van der Waals surface area contributed by atoms with E-state index in [0.29, 0.717) is 0 Å². The molecule has 0 spiro atoms. The average Bonchev–Trinajstić information content (AvgIpc) is 2.68. The lowest BCUT2D eigenvalue weighted by Gasteiger charge is -2.25. The summed E-state index contributed by atoms with van der Waals surface area (Å²) in [4.78, 5) is 2.26. The van der Waals surface area contributed by atoms with E-state index in [-0.39, 0.29) is 6.61 Å². The smallest absolute Gasteiger partial charge is 0.101 e. The molecule has 0 bridgehead atoms. The first-order valence-electron chi connectivity index (χ1n) is 8.80. The molecule has 3 heteroatoms. The molecule has 3 N–H and O–H groups in total. The predicted octanol–water partition coefficient (Wildman–Crippen LogP) is 3.60. The molecule has 0 aromatic heterocycles. The van der Waals surface area contributed by atoms with Crippen molar-refractivity contribution in [2.24, 2.45) is 0 Å². The number of benzene rings is 3. The SMILES string of the molecule is OCCC[NH2+]Cc1ccc(N(c2ccccc2)c2ccccc2)cc1. The van der Waals surface area contributed by atoms with E-state index in [2.05, 4.69) is 83.0 Å². The van der Waals surface area contributed by atoms with Crippen LogP contribution >= 0.6 is 0 Å². The van der Waals surface area contributed by atoms with Crippen LogP contribution in [0, 0.1) is 0 Å². The monoisotopic (exact) mass is 333 g/mol. The van der Waals surface area contributed by atoms with Crippen LogP contribution in [0.5, 0.6) is 0 Å². The zero-order valence-corrected chi connectivity index (χ0v) is 14.4. The van der Waals surface area contributed by atoms with Crippen molar-refractivity contribution in [3.05, 3.63) is 90.5 Å². The number of anilines is 3. The Balaban J connectivity index is 1.82. The van der Waals surface area contributed by atoms with Crippen LogP contribution in [0.2, 0.25) is 0 Å². The van der Waals surface area contributed by atoms with Crippen molar-refractivity contribution in [3.63, 3.8) is 0 Å². The van der Waals surface area contributed by atoms with E-state index in [1.165, 1.54) is 5.56 Å². The van der Waals surface area contributed by atoms with Gasteiger partial charge in [0.05, 0.1) is 6.54 Å². The molecule has 0 unspecified atom stereocenters. The van der Waals surface area contributed by atoms with Gasteiger partial charge in [-0.1, -0.05) is 48.5 Å². The maximum atomic E-state index is 8.85. The van der Waals surface area contributed by atoms with Crippen LogP contribution in [-0.2, 0) is 6.54 Å². The van der Waals surface area contributed by atoms with Gasteiger partial charge < -0.3 is 15.3 Å². The van der Waals surface area contributed by atoms with Crippen molar-refractivity contribution in [1.82, 2.24) is 0 Å². The molecule has 0 amide bonds. The summed E-state index contributed by atoms with van der Waals surface area (Å²) in [5.41, 5.74) is 4.74. The lowest BCUT2D eigenvalue weighted by atomic mass is 10.1.